The molecule has 3 rings (SSSR count). The Morgan fingerprint density at radius 1 is 0.844 bits per heavy atom. The van der Waals surface area contributed by atoms with Gasteiger partial charge in [0.25, 0.3) is 11.8 Å². The molecule has 162 valence electrons. The van der Waals surface area contributed by atoms with Crippen LogP contribution in [0.25, 0.3) is 12.2 Å². The van der Waals surface area contributed by atoms with E-state index in [2.05, 4.69) is 20.6 Å². The number of benzene rings is 1. The van der Waals surface area contributed by atoms with E-state index in [1.807, 2.05) is 12.1 Å². The molecule has 2 amide bonds. The monoisotopic (exact) mass is 504 g/mol. The number of hydrogen-bond acceptors (Lipinski definition) is 8. The van der Waals surface area contributed by atoms with Crippen LogP contribution in [-0.4, -0.2) is 21.8 Å². The van der Waals surface area contributed by atoms with Crippen molar-refractivity contribution in [3.05, 3.63) is 69.7 Å². The van der Waals surface area contributed by atoms with E-state index in [4.69, 9.17) is 0 Å². The third-order valence-electron chi connectivity index (χ3n) is 3.57. The Balaban J connectivity index is 0.00000256. The van der Waals surface area contributed by atoms with E-state index in [-0.39, 0.29) is 36.0 Å². The second-order valence-corrected chi connectivity index (χ2v) is 7.38. The van der Waals surface area contributed by atoms with Crippen molar-refractivity contribution >= 4 is 81.7 Å². The number of halogens is 2. The fraction of sp³-hybridized carbons (Fsp3) is 0. The number of nitrogens with one attached hydrogen (secondary N) is 2. The summed E-state index contributed by atoms with van der Waals surface area (Å²) in [6, 6.07) is 10.5. The molecule has 0 aliphatic carbocycles. The van der Waals surface area contributed by atoms with Gasteiger partial charge in [-0.3, -0.25) is 20.2 Å². The minimum Gasteiger partial charge on any atom is -0.297 e. The first-order valence-corrected chi connectivity index (χ1v) is 10.1. The van der Waals surface area contributed by atoms with E-state index in [1.54, 1.807) is 47.4 Å². The number of anilines is 2. The van der Waals surface area contributed by atoms with Crippen LogP contribution in [0.1, 0.15) is 11.1 Å². The Bertz CT molecular complexity index is 1120. The molecular formula is C20H14Cl2N6O2S2. The van der Waals surface area contributed by atoms with Crippen LogP contribution in [0, 0.1) is 22.7 Å². The first-order chi connectivity index (χ1) is 14.6. The van der Waals surface area contributed by atoms with Crippen LogP contribution >= 0.6 is 47.5 Å². The lowest BCUT2D eigenvalue weighted by molar-refractivity contribution is -0.113. The summed E-state index contributed by atoms with van der Waals surface area (Å²) in [6.07, 6.45) is 5.93. The number of aromatic nitrogens is 2. The number of nitrogens with zero attached hydrogens (tertiary/aromatic N) is 4. The molecule has 8 nitrogen and oxygen atoms in total. The smallest absolute Gasteiger partial charge is 0.268 e. The van der Waals surface area contributed by atoms with Crippen LogP contribution in [0.2, 0.25) is 0 Å². The van der Waals surface area contributed by atoms with E-state index in [0.717, 1.165) is 0 Å². The molecule has 0 bridgehead atoms. The van der Waals surface area contributed by atoms with Crippen LogP contribution in [0.5, 0.6) is 0 Å². The van der Waals surface area contributed by atoms with Crippen molar-refractivity contribution in [2.75, 3.05) is 10.6 Å². The van der Waals surface area contributed by atoms with Crippen LogP contribution in [0.4, 0.5) is 10.3 Å². The number of carbonyl (C=O) groups excluding carboxylic acids is 2. The van der Waals surface area contributed by atoms with Gasteiger partial charge in [0, 0.05) is 23.2 Å². The average Bonchev–Trinajstić information content (AvgIpc) is 3.44. The fourth-order valence-electron chi connectivity index (χ4n) is 2.27. The summed E-state index contributed by atoms with van der Waals surface area (Å²) in [6.45, 7) is 0. The largest absolute Gasteiger partial charge is 0.297 e. The Kier molecular flexibility index (Phi) is 10.8. The van der Waals surface area contributed by atoms with Crippen LogP contribution in [0.3, 0.4) is 0 Å². The summed E-state index contributed by atoms with van der Waals surface area (Å²) >= 11 is 2.48. The average molecular weight is 505 g/mol. The summed E-state index contributed by atoms with van der Waals surface area (Å²) in [4.78, 5) is 32.4. The zero-order valence-corrected chi connectivity index (χ0v) is 19.3. The molecule has 2 N–H and O–H groups in total. The number of nitriles is 2. The van der Waals surface area contributed by atoms with Gasteiger partial charge in [-0.05, 0) is 29.3 Å². The Labute approximate surface area is 203 Å². The van der Waals surface area contributed by atoms with Crippen molar-refractivity contribution < 1.29 is 9.59 Å². The minimum absolute atomic E-state index is 0. The summed E-state index contributed by atoms with van der Waals surface area (Å²) in [5.41, 5.74) is 0.918. The van der Waals surface area contributed by atoms with E-state index >= 15 is 0 Å². The molecular weight excluding hydrogens is 491 g/mol. The lowest BCUT2D eigenvalue weighted by Crippen LogP contribution is -2.13. The molecule has 32 heavy (non-hydrogen) atoms. The molecule has 0 saturated carbocycles. The van der Waals surface area contributed by atoms with Gasteiger partial charge in [0.15, 0.2) is 10.3 Å². The SMILES string of the molecule is Cl.Cl.N#CC(=Cc1cccc(C=C(C#N)C(=O)Nc2nccs2)c1)C(=O)Nc1nccs1. The van der Waals surface area contributed by atoms with Gasteiger partial charge < -0.3 is 0 Å². The number of thiazole rings is 2. The molecule has 0 spiro atoms. The fourth-order valence-corrected chi connectivity index (χ4v) is 3.32. The summed E-state index contributed by atoms with van der Waals surface area (Å²) in [5.74, 6) is -1.15. The first-order valence-electron chi connectivity index (χ1n) is 8.34. The van der Waals surface area contributed by atoms with Gasteiger partial charge in [-0.2, -0.15) is 10.5 Å². The summed E-state index contributed by atoms with van der Waals surface area (Å²) in [7, 11) is 0. The quantitative estimate of drug-likeness (QED) is 0.374. The molecule has 2 heterocycles. The Morgan fingerprint density at radius 2 is 1.28 bits per heavy atom. The molecule has 0 saturated heterocycles. The molecule has 12 heteroatoms. The number of amides is 2. The number of rotatable bonds is 6. The second-order valence-electron chi connectivity index (χ2n) is 5.59. The van der Waals surface area contributed by atoms with E-state index in [1.165, 1.54) is 34.8 Å². The molecule has 0 radical (unpaired) electrons. The topological polar surface area (TPSA) is 132 Å². The predicted molar refractivity (Wildman–Crippen MR) is 130 cm³/mol. The standard InChI is InChI=1S/C20H12N6O2S2.2ClH/c21-11-15(17(27)25-19-23-4-6-29-19)9-13-2-1-3-14(8-13)10-16(12-22)18(28)26-20-24-5-7-30-20;;/h1-10H,(H,23,25,27)(H,24,26,28);2*1H. The van der Waals surface area contributed by atoms with Gasteiger partial charge in [-0.1, -0.05) is 18.2 Å². The second kappa shape index (κ2) is 13.0. The van der Waals surface area contributed by atoms with Crippen molar-refractivity contribution in [3.63, 3.8) is 0 Å². The van der Waals surface area contributed by atoms with Crippen molar-refractivity contribution in [3.8, 4) is 12.1 Å². The van der Waals surface area contributed by atoms with E-state index in [0.29, 0.717) is 21.4 Å². The lowest BCUT2D eigenvalue weighted by atomic mass is 10.1. The van der Waals surface area contributed by atoms with Crippen molar-refractivity contribution in [1.82, 2.24) is 9.97 Å². The predicted octanol–water partition coefficient (Wildman–Crippen LogP) is 4.53. The number of hydrogen-bond donors (Lipinski definition) is 2. The zero-order chi connectivity index (χ0) is 21.3. The van der Waals surface area contributed by atoms with E-state index in [9.17, 15) is 20.1 Å². The highest BCUT2D eigenvalue weighted by atomic mass is 35.5. The van der Waals surface area contributed by atoms with Crippen molar-refractivity contribution in [1.29, 1.82) is 10.5 Å². The van der Waals surface area contributed by atoms with Gasteiger partial charge >= 0.3 is 0 Å². The van der Waals surface area contributed by atoms with Crippen LogP contribution in [0.15, 0.2) is 58.6 Å². The molecule has 0 fully saturated rings. The van der Waals surface area contributed by atoms with Crippen LogP contribution in [-0.2, 0) is 9.59 Å². The molecule has 0 unspecified atom stereocenters. The van der Waals surface area contributed by atoms with Crippen molar-refractivity contribution in [2.45, 2.75) is 0 Å². The lowest BCUT2D eigenvalue weighted by Gasteiger charge is -2.03. The van der Waals surface area contributed by atoms with Gasteiger partial charge in [0.05, 0.1) is 0 Å². The van der Waals surface area contributed by atoms with E-state index < -0.39 is 11.8 Å². The zero-order valence-electron chi connectivity index (χ0n) is 16.0. The highest BCUT2D eigenvalue weighted by Crippen LogP contribution is 2.17. The minimum atomic E-state index is -0.575. The van der Waals surface area contributed by atoms with Gasteiger partial charge in [-0.15, -0.1) is 47.5 Å². The first kappa shape index (κ1) is 26.5. The Hall–Kier alpha value is -3.54. The summed E-state index contributed by atoms with van der Waals surface area (Å²) < 4.78 is 0. The Morgan fingerprint density at radius 3 is 1.62 bits per heavy atom. The third kappa shape index (κ3) is 7.30. The highest BCUT2D eigenvalue weighted by Gasteiger charge is 2.12. The maximum Gasteiger partial charge on any atom is 0.268 e. The normalized spacial score (nSPS) is 10.6. The van der Waals surface area contributed by atoms with Gasteiger partial charge in [0.2, 0.25) is 0 Å². The molecule has 1 aromatic carbocycles. The highest BCUT2D eigenvalue weighted by molar-refractivity contribution is 7.14. The van der Waals surface area contributed by atoms with Crippen LogP contribution < -0.4 is 10.6 Å². The van der Waals surface area contributed by atoms with Gasteiger partial charge in [-0.25, -0.2) is 9.97 Å². The maximum absolute atomic E-state index is 12.2. The molecule has 0 aliphatic heterocycles. The summed E-state index contributed by atoms with van der Waals surface area (Å²) in [5, 5.41) is 27.9. The number of carbonyl (C=O) groups is 2. The maximum atomic E-state index is 12.2. The molecule has 2 aromatic heterocycles. The molecule has 0 atom stereocenters. The van der Waals surface area contributed by atoms with Crippen molar-refractivity contribution in [2.24, 2.45) is 0 Å². The van der Waals surface area contributed by atoms with Gasteiger partial charge in [0.1, 0.15) is 23.3 Å². The molecule has 0 aliphatic rings. The molecule has 3 aromatic rings. The third-order valence-corrected chi connectivity index (χ3v) is 4.95.